The Balaban J connectivity index is 2.07. The largest absolute Gasteiger partial charge is 0.449 e. The number of esters is 1. The van der Waals surface area contributed by atoms with E-state index in [-0.39, 0.29) is 16.3 Å². The van der Waals surface area contributed by atoms with Gasteiger partial charge in [0.2, 0.25) is 0 Å². The molecule has 2 rings (SSSR count). The van der Waals surface area contributed by atoms with E-state index in [1.54, 1.807) is 30.3 Å². The molecule has 0 saturated heterocycles. The van der Waals surface area contributed by atoms with Crippen LogP contribution >= 0.6 is 11.6 Å². The second-order valence-electron chi connectivity index (χ2n) is 4.82. The summed E-state index contributed by atoms with van der Waals surface area (Å²) >= 11 is 5.86. The first-order chi connectivity index (χ1) is 11.4. The average molecular weight is 349 g/mol. The number of nitro groups is 1. The Morgan fingerprint density at radius 3 is 2.50 bits per heavy atom. The first-order valence-electron chi connectivity index (χ1n) is 6.89. The lowest BCUT2D eigenvalue weighted by Crippen LogP contribution is -2.30. The number of nitro benzene ring substituents is 1. The van der Waals surface area contributed by atoms with Gasteiger partial charge in [-0.15, -0.1) is 0 Å². The molecule has 124 valence electrons. The topological polar surface area (TPSA) is 98.5 Å². The maximum Gasteiger partial charge on any atom is 0.340 e. The summed E-state index contributed by atoms with van der Waals surface area (Å²) in [6.45, 7) is 1.39. The summed E-state index contributed by atoms with van der Waals surface area (Å²) in [4.78, 5) is 34.2. The molecule has 0 aliphatic carbocycles. The van der Waals surface area contributed by atoms with Gasteiger partial charge in [-0.25, -0.2) is 4.79 Å². The zero-order chi connectivity index (χ0) is 17.7. The van der Waals surface area contributed by atoms with Gasteiger partial charge in [-0.3, -0.25) is 14.9 Å². The fourth-order valence-corrected chi connectivity index (χ4v) is 2.02. The van der Waals surface area contributed by atoms with Gasteiger partial charge >= 0.3 is 5.97 Å². The Labute approximate surface area is 142 Å². The standard InChI is InChI=1S/C16H13ClN2O5/c1-10(15(20)18-11-5-3-2-4-6-11)24-16(21)13-9-12(19(22)23)7-8-14(13)17/h2-10H,1H3,(H,18,20). The van der Waals surface area contributed by atoms with Gasteiger partial charge in [0.05, 0.1) is 15.5 Å². The zero-order valence-corrected chi connectivity index (χ0v) is 13.3. The molecule has 0 bridgehead atoms. The maximum atomic E-state index is 12.1. The van der Waals surface area contributed by atoms with Crippen LogP contribution in [0.5, 0.6) is 0 Å². The summed E-state index contributed by atoms with van der Waals surface area (Å²) in [6, 6.07) is 12.1. The number of halogens is 1. The molecular formula is C16H13ClN2O5. The monoisotopic (exact) mass is 348 g/mol. The van der Waals surface area contributed by atoms with Gasteiger partial charge in [-0.1, -0.05) is 29.8 Å². The van der Waals surface area contributed by atoms with Crippen molar-refractivity contribution in [2.24, 2.45) is 0 Å². The van der Waals surface area contributed by atoms with Crippen LogP contribution in [0.2, 0.25) is 5.02 Å². The number of benzene rings is 2. The van der Waals surface area contributed by atoms with Crippen molar-refractivity contribution >= 4 is 34.9 Å². The quantitative estimate of drug-likeness (QED) is 0.507. The van der Waals surface area contributed by atoms with Crippen LogP contribution < -0.4 is 5.32 Å². The van der Waals surface area contributed by atoms with E-state index in [4.69, 9.17) is 16.3 Å². The van der Waals surface area contributed by atoms with Crippen LogP contribution in [0, 0.1) is 10.1 Å². The van der Waals surface area contributed by atoms with Crippen LogP contribution in [0.3, 0.4) is 0 Å². The highest BCUT2D eigenvalue weighted by molar-refractivity contribution is 6.33. The van der Waals surface area contributed by atoms with Crippen LogP contribution in [0.15, 0.2) is 48.5 Å². The minimum absolute atomic E-state index is 0.00117. The number of nitrogens with zero attached hydrogens (tertiary/aromatic N) is 1. The molecule has 2 aromatic carbocycles. The second kappa shape index (κ2) is 7.56. The van der Waals surface area contributed by atoms with Gasteiger partial charge in [-0.2, -0.15) is 0 Å². The van der Waals surface area contributed by atoms with E-state index in [0.29, 0.717) is 5.69 Å². The van der Waals surface area contributed by atoms with E-state index in [1.807, 2.05) is 0 Å². The molecular weight excluding hydrogens is 336 g/mol. The maximum absolute atomic E-state index is 12.1. The SMILES string of the molecule is CC(OC(=O)c1cc([N+](=O)[O-])ccc1Cl)C(=O)Nc1ccccc1. The third kappa shape index (κ3) is 4.30. The van der Waals surface area contributed by atoms with E-state index in [9.17, 15) is 19.7 Å². The third-order valence-electron chi connectivity index (χ3n) is 3.08. The van der Waals surface area contributed by atoms with E-state index in [1.165, 1.54) is 19.1 Å². The van der Waals surface area contributed by atoms with Crippen molar-refractivity contribution in [2.75, 3.05) is 5.32 Å². The number of rotatable bonds is 5. The van der Waals surface area contributed by atoms with Crippen molar-refractivity contribution in [1.82, 2.24) is 0 Å². The van der Waals surface area contributed by atoms with E-state index in [0.717, 1.165) is 6.07 Å². The highest BCUT2D eigenvalue weighted by Crippen LogP contribution is 2.23. The van der Waals surface area contributed by atoms with E-state index >= 15 is 0 Å². The number of carbonyl (C=O) groups is 2. The number of hydrogen-bond donors (Lipinski definition) is 1. The van der Waals surface area contributed by atoms with Gasteiger partial charge in [0.1, 0.15) is 0 Å². The van der Waals surface area contributed by atoms with Crippen molar-refractivity contribution in [3.8, 4) is 0 Å². The number of non-ortho nitro benzene ring substituents is 1. The Hall–Kier alpha value is -2.93. The number of nitrogens with one attached hydrogen (secondary N) is 1. The number of amides is 1. The summed E-state index contributed by atoms with van der Waals surface area (Å²) in [5, 5.41) is 13.4. The molecule has 0 aromatic heterocycles. The van der Waals surface area contributed by atoms with Gasteiger partial charge in [0.25, 0.3) is 11.6 Å². The van der Waals surface area contributed by atoms with Crippen molar-refractivity contribution in [3.63, 3.8) is 0 Å². The Bertz CT molecular complexity index is 779. The molecule has 1 N–H and O–H groups in total. The fourth-order valence-electron chi connectivity index (χ4n) is 1.83. The molecule has 0 spiro atoms. The summed E-state index contributed by atoms with van der Waals surface area (Å²) < 4.78 is 5.03. The zero-order valence-electron chi connectivity index (χ0n) is 12.6. The molecule has 24 heavy (non-hydrogen) atoms. The second-order valence-corrected chi connectivity index (χ2v) is 5.23. The molecule has 8 heteroatoms. The van der Waals surface area contributed by atoms with Crippen LogP contribution in [-0.4, -0.2) is 22.9 Å². The van der Waals surface area contributed by atoms with E-state index in [2.05, 4.69) is 5.32 Å². The predicted molar refractivity (Wildman–Crippen MR) is 88.1 cm³/mol. The lowest BCUT2D eigenvalue weighted by molar-refractivity contribution is -0.384. The molecule has 0 radical (unpaired) electrons. The minimum atomic E-state index is -1.10. The average Bonchev–Trinajstić information content (AvgIpc) is 2.55. The third-order valence-corrected chi connectivity index (χ3v) is 3.40. The molecule has 1 unspecified atom stereocenters. The van der Waals surface area contributed by atoms with Crippen LogP contribution in [0.4, 0.5) is 11.4 Å². The molecule has 1 atom stereocenters. The van der Waals surface area contributed by atoms with Crippen molar-refractivity contribution < 1.29 is 19.2 Å². The van der Waals surface area contributed by atoms with Gasteiger partial charge < -0.3 is 10.1 Å². The lowest BCUT2D eigenvalue weighted by Gasteiger charge is -2.14. The van der Waals surface area contributed by atoms with Crippen LogP contribution in [-0.2, 0) is 9.53 Å². The van der Waals surface area contributed by atoms with E-state index < -0.39 is 22.9 Å². The highest BCUT2D eigenvalue weighted by atomic mass is 35.5. The number of para-hydroxylation sites is 1. The smallest absolute Gasteiger partial charge is 0.340 e. The minimum Gasteiger partial charge on any atom is -0.449 e. The number of hydrogen-bond acceptors (Lipinski definition) is 5. The Kier molecular flexibility index (Phi) is 5.49. The van der Waals surface area contributed by atoms with Crippen molar-refractivity contribution in [1.29, 1.82) is 0 Å². The molecule has 0 saturated carbocycles. The predicted octanol–water partition coefficient (Wildman–Crippen LogP) is 3.43. The molecule has 0 fully saturated rings. The summed E-state index contributed by atoms with van der Waals surface area (Å²) in [6.07, 6.45) is -1.10. The molecule has 0 aliphatic heterocycles. The Morgan fingerprint density at radius 1 is 1.21 bits per heavy atom. The van der Waals surface area contributed by atoms with Crippen LogP contribution in [0.25, 0.3) is 0 Å². The fraction of sp³-hybridized carbons (Fsp3) is 0.125. The lowest BCUT2D eigenvalue weighted by atomic mass is 10.2. The number of ether oxygens (including phenoxy) is 1. The normalized spacial score (nSPS) is 11.4. The molecule has 7 nitrogen and oxygen atoms in total. The Morgan fingerprint density at radius 2 is 1.88 bits per heavy atom. The number of carbonyl (C=O) groups excluding carboxylic acids is 2. The summed E-state index contributed by atoms with van der Waals surface area (Å²) in [5.41, 5.74) is 0.0803. The molecule has 2 aromatic rings. The molecule has 0 heterocycles. The van der Waals surface area contributed by atoms with Crippen molar-refractivity contribution in [3.05, 3.63) is 69.2 Å². The summed E-state index contributed by atoms with van der Waals surface area (Å²) in [7, 11) is 0. The molecule has 1 amide bonds. The molecule has 0 aliphatic rings. The van der Waals surface area contributed by atoms with Crippen molar-refractivity contribution in [2.45, 2.75) is 13.0 Å². The van der Waals surface area contributed by atoms with Crippen LogP contribution in [0.1, 0.15) is 17.3 Å². The van der Waals surface area contributed by atoms with Gasteiger partial charge in [0, 0.05) is 17.8 Å². The van der Waals surface area contributed by atoms with Gasteiger partial charge in [0.15, 0.2) is 6.10 Å². The summed E-state index contributed by atoms with van der Waals surface area (Å²) in [5.74, 6) is -1.45. The van der Waals surface area contributed by atoms with Gasteiger partial charge in [-0.05, 0) is 25.1 Å². The highest BCUT2D eigenvalue weighted by Gasteiger charge is 2.22. The number of anilines is 1. The first-order valence-corrected chi connectivity index (χ1v) is 7.27. The first kappa shape index (κ1) is 17.4.